The summed E-state index contributed by atoms with van der Waals surface area (Å²) < 4.78 is 20.6. The highest BCUT2D eigenvalue weighted by atomic mass is 19.1. The van der Waals surface area contributed by atoms with Gasteiger partial charge in [0.25, 0.3) is 17.7 Å². The third-order valence-corrected chi connectivity index (χ3v) is 19.7. The van der Waals surface area contributed by atoms with Crippen molar-refractivity contribution in [3.63, 3.8) is 0 Å². The van der Waals surface area contributed by atoms with Gasteiger partial charge in [0.15, 0.2) is 16.9 Å². The van der Waals surface area contributed by atoms with Crippen LogP contribution in [0.2, 0.25) is 0 Å². The van der Waals surface area contributed by atoms with Gasteiger partial charge in [0, 0.05) is 138 Å². The van der Waals surface area contributed by atoms with E-state index in [0.29, 0.717) is 51.7 Å². The van der Waals surface area contributed by atoms with Crippen LogP contribution in [-0.2, 0) is 19.3 Å². The number of benzene rings is 3. The van der Waals surface area contributed by atoms with Crippen LogP contribution in [0.4, 0.5) is 4.39 Å². The van der Waals surface area contributed by atoms with Crippen LogP contribution in [0.5, 0.6) is 0 Å². The standard InChI is InChI=1S/C27H28FN5O.C27H29N5O.C26H28N6O/c1-3-21-15-25(27(34)32-13-6-4-5-8-18(32)2)30-26-16-24(31-33(21)26)22-11-10-19(14-23(22)28)20-9-7-12-29-17-20;1-3-23-16-25(27(33)31-15-6-4-5-8-19(31)2)29-26-17-24(30-32(23)26)21-12-10-20(11-13-21)22-9-7-14-28-18-22;1-3-22-13-24(26(33)31-12-6-4-5-7-18(31)2)29-25-14-23(30-32(22)25)20-10-8-19(9-11-20)21-15-27-17-28-16-21/h7,9-12,14-18H,3-6,8,13H2,1-2H3;7,9-14,16-19H,3-6,8,15H2,1-2H3;8-11,13-18H,3-7,12H2,1-2H3. The number of carbonyl (C=O) groups is 3. The van der Waals surface area contributed by atoms with Gasteiger partial charge >= 0.3 is 0 Å². The Morgan fingerprint density at radius 2 is 0.750 bits per heavy atom. The van der Waals surface area contributed by atoms with Crippen molar-refractivity contribution in [2.75, 3.05) is 19.6 Å². The number of hydrogen-bond donors (Lipinski definition) is 0. The van der Waals surface area contributed by atoms with Crippen LogP contribution in [-0.4, -0.2) is 134 Å². The molecule has 0 aliphatic carbocycles. The molecule has 3 aromatic carbocycles. The normalized spacial score (nSPS) is 16.6. The van der Waals surface area contributed by atoms with Crippen LogP contribution in [0.25, 0.3) is 84.1 Å². The quantitative estimate of drug-likeness (QED) is 0.112. The fourth-order valence-electron chi connectivity index (χ4n) is 13.9. The van der Waals surface area contributed by atoms with Gasteiger partial charge in [-0.05, 0) is 143 Å². The van der Waals surface area contributed by atoms with Crippen molar-refractivity contribution in [3.8, 4) is 67.2 Å². The Labute approximate surface area is 582 Å². The number of aryl methyl sites for hydroxylation is 3. The van der Waals surface area contributed by atoms with Gasteiger partial charge in [-0.3, -0.25) is 24.4 Å². The first-order chi connectivity index (χ1) is 48.8. The van der Waals surface area contributed by atoms with E-state index in [1.165, 1.54) is 38.1 Å². The third-order valence-electron chi connectivity index (χ3n) is 19.7. The number of rotatable bonds is 12. The van der Waals surface area contributed by atoms with Gasteiger partial charge < -0.3 is 14.7 Å². The van der Waals surface area contributed by atoms with E-state index in [2.05, 4.69) is 88.9 Å². The first kappa shape index (κ1) is 67.8. The number of carbonyl (C=O) groups excluding carboxylic acids is 3. The highest BCUT2D eigenvalue weighted by Gasteiger charge is 2.29. The highest BCUT2D eigenvalue weighted by molar-refractivity contribution is 5.95. The van der Waals surface area contributed by atoms with Crippen LogP contribution >= 0.6 is 0 Å². The second-order valence-electron chi connectivity index (χ2n) is 26.4. The Bertz CT molecular complexity index is 4630. The minimum Gasteiger partial charge on any atom is -0.335 e. The van der Waals surface area contributed by atoms with Crippen LogP contribution in [0, 0.1) is 5.82 Å². The Morgan fingerprint density at radius 1 is 0.390 bits per heavy atom. The molecule has 0 saturated carbocycles. The number of likely N-dealkylation sites (tertiary alicyclic amines) is 3. The van der Waals surface area contributed by atoms with Crippen LogP contribution < -0.4 is 0 Å². The lowest BCUT2D eigenvalue weighted by molar-refractivity contribution is 0.0684. The SMILES string of the molecule is CCc1cc(C(=O)N2CCCCCC2C)nc2cc(-c3ccc(-c4cccnc4)cc3)nn12.CCc1cc(C(=O)N2CCCCCC2C)nc2cc(-c3ccc(-c4cccnc4)cc3F)nn12.CCc1cc(C(=O)N2CCCCCC2C)nc2cc(-c3ccc(-c4cncnc4)cc3)nn12. The Morgan fingerprint density at radius 3 is 1.14 bits per heavy atom. The average molecular weight is 1340 g/mol. The largest absolute Gasteiger partial charge is 0.335 e. The predicted molar refractivity (Wildman–Crippen MR) is 388 cm³/mol. The molecule has 12 heterocycles. The van der Waals surface area contributed by atoms with Crippen molar-refractivity contribution in [1.29, 1.82) is 0 Å². The second kappa shape index (κ2) is 31.0. The maximum absolute atomic E-state index is 15.1. The summed E-state index contributed by atoms with van der Waals surface area (Å²) in [6.07, 6.45) is 27.7. The number of hydrogen-bond acceptors (Lipinski definition) is 13. The van der Waals surface area contributed by atoms with Crippen molar-refractivity contribution in [1.82, 2.24) is 78.4 Å². The molecule has 15 rings (SSSR count). The van der Waals surface area contributed by atoms with Gasteiger partial charge in [-0.2, -0.15) is 15.3 Å². The molecule has 12 aromatic rings. The molecule has 510 valence electrons. The Kier molecular flexibility index (Phi) is 21.0. The molecule has 3 amide bonds. The summed E-state index contributed by atoms with van der Waals surface area (Å²) in [4.78, 5) is 76.6. The highest BCUT2D eigenvalue weighted by Crippen LogP contribution is 2.32. The van der Waals surface area contributed by atoms with Crippen LogP contribution in [0.15, 0.2) is 171 Å². The lowest BCUT2D eigenvalue weighted by atomic mass is 10.0. The molecule has 0 N–H and O–H groups in total. The average Bonchev–Trinajstić information content (AvgIpc) is 1.75. The van der Waals surface area contributed by atoms with Crippen molar-refractivity contribution in [2.45, 2.75) is 156 Å². The van der Waals surface area contributed by atoms with E-state index in [1.54, 1.807) is 47.6 Å². The van der Waals surface area contributed by atoms with E-state index in [0.717, 1.165) is 157 Å². The molecular formula is C80H85FN16O3. The minimum absolute atomic E-state index is 0.0267. The summed E-state index contributed by atoms with van der Waals surface area (Å²) in [7, 11) is 0. The van der Waals surface area contributed by atoms with Crippen molar-refractivity contribution >= 4 is 34.7 Å². The molecule has 3 unspecified atom stereocenters. The van der Waals surface area contributed by atoms with E-state index in [9.17, 15) is 14.4 Å². The predicted octanol–water partition coefficient (Wildman–Crippen LogP) is 15.8. The summed E-state index contributed by atoms with van der Waals surface area (Å²) in [5.41, 5.74) is 16.7. The molecule has 100 heavy (non-hydrogen) atoms. The van der Waals surface area contributed by atoms with Gasteiger partial charge in [-0.25, -0.2) is 42.9 Å². The van der Waals surface area contributed by atoms with E-state index >= 15 is 4.39 Å². The molecule has 0 bridgehead atoms. The van der Waals surface area contributed by atoms with E-state index in [4.69, 9.17) is 20.2 Å². The van der Waals surface area contributed by atoms with Crippen LogP contribution in [0.3, 0.4) is 0 Å². The molecule has 19 nitrogen and oxygen atoms in total. The minimum atomic E-state index is -0.363. The summed E-state index contributed by atoms with van der Waals surface area (Å²) >= 11 is 0. The monoisotopic (exact) mass is 1340 g/mol. The molecule has 0 spiro atoms. The van der Waals surface area contributed by atoms with Gasteiger partial charge in [-0.15, -0.1) is 0 Å². The van der Waals surface area contributed by atoms with Crippen molar-refractivity contribution in [3.05, 3.63) is 211 Å². The Balaban J connectivity index is 0.000000134. The van der Waals surface area contributed by atoms with Gasteiger partial charge in [0.1, 0.15) is 29.2 Å². The maximum atomic E-state index is 15.1. The molecule has 3 aliphatic heterocycles. The summed E-state index contributed by atoms with van der Waals surface area (Å²) in [5.74, 6) is -0.345. The zero-order valence-electron chi connectivity index (χ0n) is 57.9. The van der Waals surface area contributed by atoms with Crippen molar-refractivity contribution < 1.29 is 18.8 Å². The zero-order valence-corrected chi connectivity index (χ0v) is 57.9. The van der Waals surface area contributed by atoms with E-state index in [-0.39, 0.29) is 41.7 Å². The fourth-order valence-corrected chi connectivity index (χ4v) is 13.9. The van der Waals surface area contributed by atoms with Gasteiger partial charge in [0.2, 0.25) is 0 Å². The second-order valence-corrected chi connectivity index (χ2v) is 26.4. The zero-order chi connectivity index (χ0) is 69.2. The lowest BCUT2D eigenvalue weighted by Crippen LogP contribution is -2.38. The first-order valence-corrected chi connectivity index (χ1v) is 35.5. The number of halogens is 1. The summed E-state index contributed by atoms with van der Waals surface area (Å²) in [5, 5.41) is 14.3. The third kappa shape index (κ3) is 15.0. The summed E-state index contributed by atoms with van der Waals surface area (Å²) in [6, 6.07) is 41.3. The molecule has 9 aromatic heterocycles. The molecule has 3 atom stereocenters. The molecule has 3 aliphatic rings. The molecule has 0 radical (unpaired) electrons. The molecule has 3 saturated heterocycles. The smallest absolute Gasteiger partial charge is 0.272 e. The molecule has 20 heteroatoms. The number of nitrogens with zero attached hydrogens (tertiary/aromatic N) is 16. The first-order valence-electron chi connectivity index (χ1n) is 35.5. The van der Waals surface area contributed by atoms with Gasteiger partial charge in [-0.1, -0.05) is 126 Å². The lowest BCUT2D eigenvalue weighted by Gasteiger charge is -2.27. The molecular weight excluding hydrogens is 1250 g/mol. The fraction of sp³-hybridized carbons (Fsp3) is 0.338. The summed E-state index contributed by atoms with van der Waals surface area (Å²) in [6.45, 7) is 14.9. The van der Waals surface area contributed by atoms with Crippen molar-refractivity contribution in [2.24, 2.45) is 0 Å². The number of pyridine rings is 2. The van der Waals surface area contributed by atoms with E-state index < -0.39 is 0 Å². The van der Waals surface area contributed by atoms with Crippen LogP contribution in [0.1, 0.15) is 167 Å². The maximum Gasteiger partial charge on any atom is 0.272 e. The van der Waals surface area contributed by atoms with Gasteiger partial charge in [0.05, 0.1) is 17.1 Å². The molecule has 3 fully saturated rings. The topological polar surface area (TPSA) is 203 Å². The number of aromatic nitrogens is 13. The number of fused-ring (bicyclic) bond motifs is 3. The number of amides is 3. The Hall–Kier alpha value is -10.8. The van der Waals surface area contributed by atoms with E-state index in [1.807, 2.05) is 122 Å².